The Bertz CT molecular complexity index is 1150. The molecule has 4 atom stereocenters. The second kappa shape index (κ2) is 6.79. The van der Waals surface area contributed by atoms with Crippen LogP contribution in [0, 0.1) is 18.8 Å². The molecule has 146 valence electrons. The Labute approximate surface area is 170 Å². The molecule has 1 aromatic heterocycles. The minimum atomic E-state index is -1.01. The van der Waals surface area contributed by atoms with Gasteiger partial charge in [-0.1, -0.05) is 18.2 Å². The molecule has 29 heavy (non-hydrogen) atoms. The third-order valence-corrected chi connectivity index (χ3v) is 6.50. The molecule has 2 N–H and O–H groups in total. The molecule has 1 fully saturated rings. The second-order valence-corrected chi connectivity index (χ2v) is 8.43. The molecule has 6 nitrogen and oxygen atoms in total. The van der Waals surface area contributed by atoms with Crippen LogP contribution in [0.25, 0.3) is 20.8 Å². The highest BCUT2D eigenvalue weighted by atomic mass is 32.1. The van der Waals surface area contributed by atoms with Gasteiger partial charge in [-0.05, 0) is 48.9 Å². The van der Waals surface area contributed by atoms with Crippen LogP contribution in [-0.4, -0.2) is 34.2 Å². The summed E-state index contributed by atoms with van der Waals surface area (Å²) in [5, 5.41) is 13.2. The topological polar surface area (TPSA) is 88.5 Å². The highest BCUT2D eigenvalue weighted by Gasteiger charge is 2.53. The first-order valence-electron chi connectivity index (χ1n) is 9.35. The van der Waals surface area contributed by atoms with E-state index in [4.69, 9.17) is 4.74 Å². The Morgan fingerprint density at radius 2 is 1.79 bits per heavy atom. The van der Waals surface area contributed by atoms with Crippen LogP contribution in [0.2, 0.25) is 0 Å². The van der Waals surface area contributed by atoms with Gasteiger partial charge in [0.2, 0.25) is 5.91 Å². The van der Waals surface area contributed by atoms with Gasteiger partial charge in [0.1, 0.15) is 10.9 Å². The quantitative estimate of drug-likeness (QED) is 0.642. The lowest BCUT2D eigenvalue weighted by molar-refractivity contribution is -0.145. The number of aliphatic carboxylic acids is 1. The molecule has 0 radical (unpaired) electrons. The molecule has 0 unspecified atom stereocenters. The number of hydrogen-bond acceptors (Lipinski definition) is 5. The number of aromatic nitrogens is 1. The maximum atomic E-state index is 12.7. The van der Waals surface area contributed by atoms with E-state index in [0.29, 0.717) is 5.69 Å². The van der Waals surface area contributed by atoms with E-state index < -0.39 is 30.0 Å². The number of carboxylic acid groups (broad SMARTS) is 1. The zero-order valence-electron chi connectivity index (χ0n) is 15.5. The Morgan fingerprint density at radius 3 is 2.52 bits per heavy atom. The van der Waals surface area contributed by atoms with E-state index in [2.05, 4.69) is 23.3 Å². The zero-order valence-corrected chi connectivity index (χ0v) is 16.3. The van der Waals surface area contributed by atoms with E-state index in [1.807, 2.05) is 36.4 Å². The van der Waals surface area contributed by atoms with E-state index in [9.17, 15) is 14.7 Å². The summed E-state index contributed by atoms with van der Waals surface area (Å²) in [5.41, 5.74) is 3.75. The van der Waals surface area contributed by atoms with Crippen LogP contribution in [0.3, 0.4) is 0 Å². The molecule has 2 aliphatic rings. The summed E-state index contributed by atoms with van der Waals surface area (Å²) >= 11 is 1.63. The first kappa shape index (κ1) is 18.0. The van der Waals surface area contributed by atoms with Crippen molar-refractivity contribution in [2.75, 3.05) is 5.32 Å². The van der Waals surface area contributed by atoms with E-state index in [1.54, 1.807) is 23.5 Å². The smallest absolute Gasteiger partial charge is 0.310 e. The standard InChI is InChI=1S/C22H18N2O4S/c1-11-2-7-14-17(10-11)29-21(24-14)12-3-5-13(6-4-12)23-20(25)18-15-8-9-16(28-15)19(18)22(26)27/h2-10,15-16,18-19H,1H3,(H,23,25)(H,26,27)/t15-,16+,18-,19+/m1/s1. The lowest BCUT2D eigenvalue weighted by atomic mass is 9.82. The highest BCUT2D eigenvalue weighted by Crippen LogP contribution is 2.40. The van der Waals surface area contributed by atoms with Crippen molar-refractivity contribution < 1.29 is 19.4 Å². The summed E-state index contributed by atoms with van der Waals surface area (Å²) in [6.07, 6.45) is 2.48. The van der Waals surface area contributed by atoms with Crippen molar-refractivity contribution in [2.45, 2.75) is 19.1 Å². The fraction of sp³-hybridized carbons (Fsp3) is 0.227. The number of hydrogen-bond donors (Lipinski definition) is 2. The highest BCUT2D eigenvalue weighted by molar-refractivity contribution is 7.21. The van der Waals surface area contributed by atoms with Gasteiger partial charge >= 0.3 is 5.97 Å². The summed E-state index contributed by atoms with van der Waals surface area (Å²) in [6, 6.07) is 13.6. The van der Waals surface area contributed by atoms with Crippen molar-refractivity contribution in [1.29, 1.82) is 0 Å². The van der Waals surface area contributed by atoms with Crippen molar-refractivity contribution in [3.63, 3.8) is 0 Å². The molecule has 3 aromatic rings. The number of amides is 1. The summed E-state index contributed by atoms with van der Waals surface area (Å²) in [5.74, 6) is -2.92. The van der Waals surface area contributed by atoms with Crippen molar-refractivity contribution in [2.24, 2.45) is 11.8 Å². The maximum Gasteiger partial charge on any atom is 0.310 e. The number of ether oxygens (including phenoxy) is 1. The molecule has 1 amide bonds. The molecule has 0 spiro atoms. The third-order valence-electron chi connectivity index (χ3n) is 5.43. The molecule has 5 rings (SSSR count). The number of thiazole rings is 1. The lowest BCUT2D eigenvalue weighted by Crippen LogP contribution is -2.39. The molecular weight excluding hydrogens is 388 g/mol. The monoisotopic (exact) mass is 406 g/mol. The molecule has 0 aliphatic carbocycles. The number of anilines is 1. The van der Waals surface area contributed by atoms with Gasteiger partial charge in [0, 0.05) is 11.3 Å². The summed E-state index contributed by atoms with van der Waals surface area (Å²) in [4.78, 5) is 29.0. The molecule has 3 heterocycles. The van der Waals surface area contributed by atoms with E-state index >= 15 is 0 Å². The van der Waals surface area contributed by atoms with E-state index in [-0.39, 0.29) is 5.91 Å². The van der Waals surface area contributed by atoms with Crippen molar-refractivity contribution in [3.05, 3.63) is 60.2 Å². The van der Waals surface area contributed by atoms with Crippen LogP contribution in [0.1, 0.15) is 5.56 Å². The fourth-order valence-electron chi connectivity index (χ4n) is 3.99. The van der Waals surface area contributed by atoms with Crippen LogP contribution in [0.4, 0.5) is 5.69 Å². The van der Waals surface area contributed by atoms with Crippen LogP contribution < -0.4 is 5.32 Å². The minimum Gasteiger partial charge on any atom is -0.481 e. The zero-order chi connectivity index (χ0) is 20.1. The average Bonchev–Trinajstić information content (AvgIpc) is 3.42. The second-order valence-electron chi connectivity index (χ2n) is 7.40. The average molecular weight is 406 g/mol. The van der Waals surface area contributed by atoms with Gasteiger partial charge in [0.05, 0.1) is 28.3 Å². The molecule has 2 aliphatic heterocycles. The van der Waals surface area contributed by atoms with Gasteiger partial charge in [0.15, 0.2) is 0 Å². The van der Waals surface area contributed by atoms with Gasteiger partial charge < -0.3 is 15.2 Å². The number of fused-ring (bicyclic) bond motifs is 3. The summed E-state index contributed by atoms with van der Waals surface area (Å²) in [7, 11) is 0. The van der Waals surface area contributed by atoms with Gasteiger partial charge in [-0.2, -0.15) is 0 Å². The predicted octanol–water partition coefficient (Wildman–Crippen LogP) is 3.86. The predicted molar refractivity (Wildman–Crippen MR) is 111 cm³/mol. The Kier molecular flexibility index (Phi) is 4.22. The number of carboxylic acids is 1. The number of rotatable bonds is 4. The van der Waals surface area contributed by atoms with Crippen LogP contribution >= 0.6 is 11.3 Å². The summed E-state index contributed by atoms with van der Waals surface area (Å²) in [6.45, 7) is 2.06. The Morgan fingerprint density at radius 1 is 1.07 bits per heavy atom. The third kappa shape index (κ3) is 3.12. The maximum absolute atomic E-state index is 12.7. The van der Waals surface area contributed by atoms with Gasteiger partial charge in [-0.25, -0.2) is 4.98 Å². The van der Waals surface area contributed by atoms with Crippen LogP contribution in [-0.2, 0) is 14.3 Å². The van der Waals surface area contributed by atoms with Crippen molar-refractivity contribution in [3.8, 4) is 10.6 Å². The van der Waals surface area contributed by atoms with Crippen LogP contribution in [0.5, 0.6) is 0 Å². The first-order valence-corrected chi connectivity index (χ1v) is 10.2. The molecule has 2 bridgehead atoms. The fourth-order valence-corrected chi connectivity index (χ4v) is 5.06. The van der Waals surface area contributed by atoms with Gasteiger partial charge in [0.25, 0.3) is 0 Å². The normalized spacial score (nSPS) is 24.9. The lowest BCUT2D eigenvalue weighted by Gasteiger charge is -2.21. The molecular formula is C22H18N2O4S. The molecule has 0 saturated carbocycles. The van der Waals surface area contributed by atoms with E-state index in [0.717, 1.165) is 20.8 Å². The Hall–Kier alpha value is -3.03. The van der Waals surface area contributed by atoms with Crippen molar-refractivity contribution in [1.82, 2.24) is 4.98 Å². The minimum absolute atomic E-state index is 0.336. The van der Waals surface area contributed by atoms with Crippen molar-refractivity contribution >= 4 is 39.1 Å². The Balaban J connectivity index is 1.34. The SMILES string of the molecule is Cc1ccc2nc(-c3ccc(NC(=O)[C@H]4[C@@H](C(=O)O)[C@@H]5C=C[C@H]4O5)cc3)sc2c1. The number of carbonyl (C=O) groups is 2. The first-order chi connectivity index (χ1) is 14.0. The summed E-state index contributed by atoms with van der Waals surface area (Å²) < 4.78 is 6.71. The number of carbonyl (C=O) groups excluding carboxylic acids is 1. The number of aryl methyl sites for hydroxylation is 1. The van der Waals surface area contributed by atoms with Crippen LogP contribution in [0.15, 0.2) is 54.6 Å². The van der Waals surface area contributed by atoms with E-state index in [1.165, 1.54) is 5.56 Å². The molecule has 7 heteroatoms. The number of nitrogens with zero attached hydrogens (tertiary/aromatic N) is 1. The number of nitrogens with one attached hydrogen (secondary N) is 1. The number of benzene rings is 2. The molecule has 2 aromatic carbocycles. The van der Waals surface area contributed by atoms with Gasteiger partial charge in [-0.3, -0.25) is 9.59 Å². The molecule has 1 saturated heterocycles. The van der Waals surface area contributed by atoms with Gasteiger partial charge in [-0.15, -0.1) is 11.3 Å². The largest absolute Gasteiger partial charge is 0.481 e.